The molecule has 2 heteroatoms. The Morgan fingerprint density at radius 1 is 0.897 bits per heavy atom. The highest BCUT2D eigenvalue weighted by Gasteiger charge is 2.23. The highest BCUT2D eigenvalue weighted by molar-refractivity contribution is 7.96. The van der Waals surface area contributed by atoms with Crippen molar-refractivity contribution in [2.75, 3.05) is 11.5 Å². The summed E-state index contributed by atoms with van der Waals surface area (Å²) in [6, 6.07) is 12.4. The zero-order valence-corrected chi connectivity index (χ0v) is 19.1. The van der Waals surface area contributed by atoms with Crippen LogP contribution in [0.2, 0.25) is 0 Å². The molecule has 0 saturated carbocycles. The molecule has 1 aromatic heterocycles. The van der Waals surface area contributed by atoms with E-state index in [0.29, 0.717) is 10.9 Å². The lowest BCUT2D eigenvalue weighted by Crippen LogP contribution is -2.12. The Hall–Kier alpha value is -1.67. The second-order valence-electron chi connectivity index (χ2n) is 8.53. The van der Waals surface area contributed by atoms with Crippen LogP contribution in [0.3, 0.4) is 0 Å². The third kappa shape index (κ3) is 4.14. The van der Waals surface area contributed by atoms with Gasteiger partial charge in [-0.2, -0.15) is 0 Å². The molecule has 4 rings (SSSR count). The predicted octanol–water partition coefficient (Wildman–Crippen LogP) is 7.44. The number of benzene rings is 2. The molecule has 0 spiro atoms. The first-order valence-corrected chi connectivity index (χ1v) is 13.2. The summed E-state index contributed by atoms with van der Waals surface area (Å²) in [6.45, 7) is 9.55. The van der Waals surface area contributed by atoms with Crippen molar-refractivity contribution in [3.05, 3.63) is 54.1 Å². The maximum absolute atomic E-state index is 4.03. The molecule has 1 aliphatic carbocycles. The first kappa shape index (κ1) is 20.6. The number of nitrogens with zero attached hydrogens (tertiary/aromatic N) is 1. The van der Waals surface area contributed by atoms with E-state index >= 15 is 0 Å². The summed E-state index contributed by atoms with van der Waals surface area (Å²) in [5.41, 5.74) is 5.94. The number of fused-ring (bicyclic) bond motifs is 4. The minimum absolute atomic E-state index is 0.388. The van der Waals surface area contributed by atoms with Crippen LogP contribution in [0.4, 0.5) is 0 Å². The van der Waals surface area contributed by atoms with Gasteiger partial charge in [-0.3, -0.25) is 0 Å². The maximum atomic E-state index is 4.03. The van der Waals surface area contributed by atoms with Gasteiger partial charge in [0.1, 0.15) is 11.5 Å². The van der Waals surface area contributed by atoms with Gasteiger partial charge >= 0.3 is 0 Å². The first-order chi connectivity index (χ1) is 14.3. The summed E-state index contributed by atoms with van der Waals surface area (Å²) < 4.78 is 2.48. The summed E-state index contributed by atoms with van der Waals surface area (Å²) in [5, 5.41) is 2.91. The number of aryl methyl sites for hydroxylation is 2. The van der Waals surface area contributed by atoms with Crippen molar-refractivity contribution in [2.24, 2.45) is 0 Å². The zero-order valence-electron chi connectivity index (χ0n) is 18.3. The Morgan fingerprint density at radius 3 is 2.21 bits per heavy atom. The number of hydrogen-bond acceptors (Lipinski definition) is 0. The molecule has 0 atom stereocenters. The van der Waals surface area contributed by atoms with Gasteiger partial charge in [-0.05, 0) is 73.9 Å². The molecule has 1 heterocycles. The van der Waals surface area contributed by atoms with Crippen LogP contribution in [0.25, 0.3) is 21.8 Å². The van der Waals surface area contributed by atoms with E-state index in [9.17, 15) is 0 Å². The molecule has 0 saturated heterocycles. The molecule has 1 aliphatic rings. The second-order valence-corrected chi connectivity index (χ2v) is 10.8. The second kappa shape index (κ2) is 9.43. The molecule has 0 N–H and O–H groups in total. The van der Waals surface area contributed by atoms with Crippen molar-refractivity contribution in [3.63, 3.8) is 0 Å². The number of unbranched alkanes of at least 4 members (excludes halogenated alkanes) is 2. The molecule has 0 unspecified atom stereocenters. The van der Waals surface area contributed by atoms with Crippen molar-refractivity contribution in [1.82, 2.24) is 4.57 Å². The Labute approximate surface area is 179 Å². The zero-order chi connectivity index (χ0) is 20.2. The molecule has 0 bridgehead atoms. The van der Waals surface area contributed by atoms with E-state index in [1.54, 1.807) is 16.0 Å². The molecule has 0 amide bonds. The van der Waals surface area contributed by atoms with Crippen molar-refractivity contribution in [3.8, 4) is 0 Å². The quantitative estimate of drug-likeness (QED) is 0.257. The smallest absolute Gasteiger partial charge is 0.155 e. The van der Waals surface area contributed by atoms with Gasteiger partial charge < -0.3 is 4.57 Å². The lowest BCUT2D eigenvalue weighted by molar-refractivity contribution is 0.686. The van der Waals surface area contributed by atoms with Gasteiger partial charge in [-0.25, -0.2) is 0 Å². The van der Waals surface area contributed by atoms with Crippen molar-refractivity contribution >= 4 is 32.7 Å². The number of allylic oxidation sites excluding steroid dienone is 1. The van der Waals surface area contributed by atoms with Crippen LogP contribution in [0.15, 0.2) is 47.9 Å². The SMILES string of the molecule is C=CCn1c2ccc([S+](CCCC)CCCC)cc2c2cc3c(cc21)CCCC3. The number of hydrogen-bond donors (Lipinski definition) is 0. The molecule has 0 fully saturated rings. The molecule has 29 heavy (non-hydrogen) atoms. The first-order valence-electron chi connectivity index (χ1n) is 11.6. The van der Waals surface area contributed by atoms with Crippen LogP contribution >= 0.6 is 0 Å². The van der Waals surface area contributed by atoms with Crippen LogP contribution < -0.4 is 0 Å². The molecule has 0 aliphatic heterocycles. The molecule has 1 nitrogen and oxygen atoms in total. The normalized spacial score (nSPS) is 14.0. The molecule has 0 radical (unpaired) electrons. The predicted molar refractivity (Wildman–Crippen MR) is 131 cm³/mol. The third-order valence-electron chi connectivity index (χ3n) is 6.43. The van der Waals surface area contributed by atoms with Gasteiger partial charge in [0.05, 0.1) is 0 Å². The van der Waals surface area contributed by atoms with Crippen LogP contribution in [-0.2, 0) is 30.3 Å². The van der Waals surface area contributed by atoms with Gasteiger partial charge in [0.25, 0.3) is 0 Å². The van der Waals surface area contributed by atoms with E-state index < -0.39 is 0 Å². The lowest BCUT2D eigenvalue weighted by atomic mass is 9.90. The number of rotatable bonds is 9. The largest absolute Gasteiger partial charge is 0.337 e. The Kier molecular flexibility index (Phi) is 6.70. The van der Waals surface area contributed by atoms with E-state index in [1.165, 1.54) is 84.7 Å². The van der Waals surface area contributed by atoms with E-state index in [0.717, 1.165) is 6.54 Å². The van der Waals surface area contributed by atoms with Crippen molar-refractivity contribution < 1.29 is 0 Å². The van der Waals surface area contributed by atoms with Crippen LogP contribution in [0, 0.1) is 0 Å². The van der Waals surface area contributed by atoms with Crippen LogP contribution in [0.1, 0.15) is 63.5 Å². The average Bonchev–Trinajstić information content (AvgIpc) is 3.05. The Balaban J connectivity index is 1.85. The molecular weight excluding hydrogens is 370 g/mol. The van der Waals surface area contributed by atoms with Crippen LogP contribution in [0.5, 0.6) is 0 Å². The minimum atomic E-state index is 0.388. The minimum Gasteiger partial charge on any atom is -0.337 e. The standard InChI is InChI=1S/C27H36NS/c1-4-7-16-29(17-8-5-2)23-13-14-26-25(20-23)24-18-21-11-9-10-12-22(21)19-27(24)28(26)15-6-3/h6,13-14,18-20H,3-5,7-12,15-17H2,1-2H3/q+1. The summed E-state index contributed by atoms with van der Waals surface area (Å²) in [7, 11) is 0.388. The van der Waals surface area contributed by atoms with Gasteiger partial charge in [0, 0.05) is 45.3 Å². The number of aromatic nitrogens is 1. The molecule has 154 valence electrons. The fourth-order valence-electron chi connectivity index (χ4n) is 4.79. The molecular formula is C27H36NS+. The highest BCUT2D eigenvalue weighted by Crippen LogP contribution is 2.35. The lowest BCUT2D eigenvalue weighted by Gasteiger charge is -2.16. The fourth-order valence-corrected chi connectivity index (χ4v) is 7.28. The van der Waals surface area contributed by atoms with Crippen LogP contribution in [-0.4, -0.2) is 16.1 Å². The fraction of sp³-hybridized carbons (Fsp3) is 0.481. The summed E-state index contributed by atoms with van der Waals surface area (Å²) in [5.74, 6) is 2.70. The molecule has 2 aromatic carbocycles. The van der Waals surface area contributed by atoms with E-state index in [1.807, 2.05) is 6.08 Å². The van der Waals surface area contributed by atoms with Crippen molar-refractivity contribution in [1.29, 1.82) is 0 Å². The maximum Gasteiger partial charge on any atom is 0.155 e. The van der Waals surface area contributed by atoms with E-state index in [-0.39, 0.29) is 0 Å². The summed E-state index contributed by atoms with van der Waals surface area (Å²) >= 11 is 0. The van der Waals surface area contributed by atoms with Crippen molar-refractivity contribution in [2.45, 2.75) is 76.7 Å². The summed E-state index contributed by atoms with van der Waals surface area (Å²) in [6.07, 6.45) is 12.5. The van der Waals surface area contributed by atoms with E-state index in [2.05, 4.69) is 55.3 Å². The third-order valence-corrected chi connectivity index (χ3v) is 8.92. The van der Waals surface area contributed by atoms with E-state index in [4.69, 9.17) is 0 Å². The molecule has 3 aromatic rings. The Bertz CT molecular complexity index is 989. The van der Waals surface area contributed by atoms with Gasteiger partial charge in [-0.1, -0.05) is 32.8 Å². The summed E-state index contributed by atoms with van der Waals surface area (Å²) in [4.78, 5) is 1.58. The van der Waals surface area contributed by atoms with Gasteiger partial charge in [0.15, 0.2) is 4.90 Å². The monoisotopic (exact) mass is 406 g/mol. The van der Waals surface area contributed by atoms with Gasteiger partial charge in [0.2, 0.25) is 0 Å². The highest BCUT2D eigenvalue weighted by atomic mass is 32.2. The topological polar surface area (TPSA) is 4.93 Å². The Morgan fingerprint density at radius 2 is 1.55 bits per heavy atom. The average molecular weight is 407 g/mol. The van der Waals surface area contributed by atoms with Gasteiger partial charge in [-0.15, -0.1) is 6.58 Å².